The molecular weight excluding hydrogens is 394 g/mol. The predicted molar refractivity (Wildman–Crippen MR) is 123 cm³/mol. The molecule has 30 heavy (non-hydrogen) atoms. The number of carbonyl (C=O) groups is 1. The topological polar surface area (TPSA) is 68.0 Å². The van der Waals surface area contributed by atoms with Gasteiger partial charge in [-0.2, -0.15) is 0 Å². The summed E-state index contributed by atoms with van der Waals surface area (Å²) in [5.41, 5.74) is 4.15. The van der Waals surface area contributed by atoms with Crippen molar-refractivity contribution >= 4 is 23.4 Å². The Labute approximate surface area is 182 Å². The summed E-state index contributed by atoms with van der Waals surface area (Å²) < 4.78 is 5.79. The number of nitrogens with one attached hydrogen (secondary N) is 1. The van der Waals surface area contributed by atoms with Crippen molar-refractivity contribution in [3.63, 3.8) is 0 Å². The quantitative estimate of drug-likeness (QED) is 0.473. The van der Waals surface area contributed by atoms with Gasteiger partial charge in [0, 0.05) is 11.3 Å². The number of aromatic nitrogens is 2. The van der Waals surface area contributed by atoms with Crippen molar-refractivity contribution in [2.45, 2.75) is 63.3 Å². The Hall–Kier alpha value is -2.60. The summed E-state index contributed by atoms with van der Waals surface area (Å²) >= 11 is 1.26. The summed E-state index contributed by atoms with van der Waals surface area (Å²) in [5.74, 6) is 0.686. The Kier molecular flexibility index (Phi) is 6.66. The van der Waals surface area contributed by atoms with Crippen LogP contribution in [0.4, 0.5) is 5.69 Å². The van der Waals surface area contributed by atoms with Crippen LogP contribution in [0.2, 0.25) is 0 Å². The molecule has 1 atom stereocenters. The molecule has 0 spiro atoms. The Bertz CT molecular complexity index is 1000. The number of rotatable bonds is 6. The molecule has 1 heterocycles. The first kappa shape index (κ1) is 22.1. The summed E-state index contributed by atoms with van der Waals surface area (Å²) in [6.45, 7) is 12.6. The predicted octanol–water partition coefficient (Wildman–Crippen LogP) is 6.28. The van der Waals surface area contributed by atoms with Gasteiger partial charge in [-0.05, 0) is 47.6 Å². The average Bonchev–Trinajstić information content (AvgIpc) is 3.16. The van der Waals surface area contributed by atoms with E-state index in [4.69, 9.17) is 4.42 Å². The standard InChI is InChI=1S/C24H29N3O2S/c1-15(2)19-9-7-8-10-20(19)25-21(28)16(3)30-23-27-26-22(29-23)17-11-13-18(14-12-17)24(4,5)6/h7-16H,1-6H3,(H,25,28)/t16-/m1/s1. The van der Waals surface area contributed by atoms with Gasteiger partial charge in [0.1, 0.15) is 0 Å². The fourth-order valence-electron chi connectivity index (χ4n) is 3.04. The zero-order valence-corrected chi connectivity index (χ0v) is 19.2. The molecule has 0 saturated heterocycles. The van der Waals surface area contributed by atoms with E-state index in [1.165, 1.54) is 17.3 Å². The minimum atomic E-state index is -0.373. The lowest BCUT2D eigenvalue weighted by Crippen LogP contribution is -2.23. The second-order valence-corrected chi connectivity index (χ2v) is 9.98. The highest BCUT2D eigenvalue weighted by molar-refractivity contribution is 8.00. The van der Waals surface area contributed by atoms with Crippen molar-refractivity contribution in [2.75, 3.05) is 5.32 Å². The van der Waals surface area contributed by atoms with Crippen LogP contribution < -0.4 is 5.32 Å². The van der Waals surface area contributed by atoms with Gasteiger partial charge >= 0.3 is 0 Å². The summed E-state index contributed by atoms with van der Waals surface area (Å²) in [5, 5.41) is 11.3. The van der Waals surface area contributed by atoms with Gasteiger partial charge in [0.05, 0.1) is 5.25 Å². The average molecular weight is 424 g/mol. The van der Waals surface area contributed by atoms with Crippen LogP contribution in [0.3, 0.4) is 0 Å². The molecule has 0 fully saturated rings. The van der Waals surface area contributed by atoms with E-state index in [0.29, 0.717) is 17.0 Å². The summed E-state index contributed by atoms with van der Waals surface area (Å²) in [6.07, 6.45) is 0. The molecule has 0 saturated carbocycles. The van der Waals surface area contributed by atoms with E-state index in [9.17, 15) is 4.79 Å². The Morgan fingerprint density at radius 1 is 1.00 bits per heavy atom. The molecule has 0 aliphatic rings. The monoisotopic (exact) mass is 423 g/mol. The van der Waals surface area contributed by atoms with Crippen LogP contribution in [0, 0.1) is 0 Å². The number of thioether (sulfide) groups is 1. The molecule has 1 aromatic heterocycles. The van der Waals surface area contributed by atoms with Crippen LogP contribution in [0.15, 0.2) is 58.2 Å². The van der Waals surface area contributed by atoms with Crippen LogP contribution in [0.25, 0.3) is 11.5 Å². The third-order valence-corrected chi connectivity index (χ3v) is 5.83. The number of nitrogens with zero attached hydrogens (tertiary/aromatic N) is 2. The molecule has 3 rings (SSSR count). The molecular formula is C24H29N3O2S. The summed E-state index contributed by atoms with van der Waals surface area (Å²) in [6, 6.07) is 16.0. The molecule has 1 amide bonds. The summed E-state index contributed by atoms with van der Waals surface area (Å²) in [7, 11) is 0. The third kappa shape index (κ3) is 5.30. The van der Waals surface area contributed by atoms with Crippen molar-refractivity contribution in [1.29, 1.82) is 0 Å². The highest BCUT2D eigenvalue weighted by Crippen LogP contribution is 2.30. The first-order chi connectivity index (χ1) is 14.1. The van der Waals surface area contributed by atoms with Gasteiger partial charge in [-0.1, -0.05) is 76.7 Å². The van der Waals surface area contributed by atoms with Crippen molar-refractivity contribution in [1.82, 2.24) is 10.2 Å². The minimum Gasteiger partial charge on any atom is -0.411 e. The fourth-order valence-corrected chi connectivity index (χ4v) is 3.72. The van der Waals surface area contributed by atoms with Crippen molar-refractivity contribution in [3.05, 3.63) is 59.7 Å². The maximum Gasteiger partial charge on any atom is 0.277 e. The van der Waals surface area contributed by atoms with Gasteiger partial charge in [-0.25, -0.2) is 0 Å². The number of amides is 1. The molecule has 0 aliphatic heterocycles. The minimum absolute atomic E-state index is 0.0887. The van der Waals surface area contributed by atoms with E-state index in [1.807, 2.05) is 43.3 Å². The van der Waals surface area contributed by atoms with E-state index in [2.05, 4.69) is 62.3 Å². The normalized spacial score (nSPS) is 12.8. The number of anilines is 1. The lowest BCUT2D eigenvalue weighted by Gasteiger charge is -2.18. The van der Waals surface area contributed by atoms with Gasteiger partial charge in [0.25, 0.3) is 5.22 Å². The van der Waals surface area contributed by atoms with Gasteiger partial charge in [-0.15, -0.1) is 10.2 Å². The van der Waals surface area contributed by atoms with Crippen molar-refractivity contribution in [2.24, 2.45) is 0 Å². The van der Waals surface area contributed by atoms with Crippen LogP contribution in [-0.2, 0) is 10.2 Å². The van der Waals surface area contributed by atoms with E-state index >= 15 is 0 Å². The Morgan fingerprint density at radius 3 is 2.30 bits per heavy atom. The van der Waals surface area contributed by atoms with E-state index in [1.54, 1.807) is 0 Å². The van der Waals surface area contributed by atoms with Gasteiger partial charge in [0.2, 0.25) is 11.8 Å². The third-order valence-electron chi connectivity index (χ3n) is 4.89. The zero-order valence-electron chi connectivity index (χ0n) is 18.4. The molecule has 2 aromatic carbocycles. The van der Waals surface area contributed by atoms with Gasteiger partial charge < -0.3 is 9.73 Å². The zero-order chi connectivity index (χ0) is 21.9. The highest BCUT2D eigenvalue weighted by Gasteiger charge is 2.20. The Morgan fingerprint density at radius 2 is 1.67 bits per heavy atom. The van der Waals surface area contributed by atoms with Gasteiger partial charge in [0.15, 0.2) is 0 Å². The number of para-hydroxylation sites is 1. The molecule has 0 bridgehead atoms. The molecule has 6 heteroatoms. The second-order valence-electron chi connectivity index (χ2n) is 8.69. The number of benzene rings is 2. The molecule has 1 N–H and O–H groups in total. The van der Waals surface area contributed by atoms with Gasteiger partial charge in [-0.3, -0.25) is 4.79 Å². The number of hydrogen-bond donors (Lipinski definition) is 1. The largest absolute Gasteiger partial charge is 0.411 e. The smallest absolute Gasteiger partial charge is 0.277 e. The van der Waals surface area contributed by atoms with E-state index < -0.39 is 0 Å². The SMILES string of the molecule is CC(C)c1ccccc1NC(=O)[C@@H](C)Sc1nnc(-c2ccc(C(C)(C)C)cc2)o1. The fraction of sp³-hybridized carbons (Fsp3) is 0.375. The first-order valence-corrected chi connectivity index (χ1v) is 11.0. The van der Waals surface area contributed by atoms with E-state index in [-0.39, 0.29) is 16.6 Å². The van der Waals surface area contributed by atoms with E-state index in [0.717, 1.165) is 16.8 Å². The molecule has 158 valence electrons. The maximum atomic E-state index is 12.7. The van der Waals surface area contributed by atoms with Crippen LogP contribution in [0.1, 0.15) is 58.6 Å². The maximum absolute atomic E-state index is 12.7. The second kappa shape index (κ2) is 9.04. The van der Waals surface area contributed by atoms with Crippen molar-refractivity contribution < 1.29 is 9.21 Å². The van der Waals surface area contributed by atoms with Crippen LogP contribution >= 0.6 is 11.8 Å². The molecule has 3 aromatic rings. The molecule has 0 radical (unpaired) electrons. The molecule has 0 aliphatic carbocycles. The highest BCUT2D eigenvalue weighted by atomic mass is 32.2. The van der Waals surface area contributed by atoms with Crippen LogP contribution in [-0.4, -0.2) is 21.4 Å². The molecule has 0 unspecified atom stereocenters. The van der Waals surface area contributed by atoms with Crippen molar-refractivity contribution in [3.8, 4) is 11.5 Å². The lowest BCUT2D eigenvalue weighted by molar-refractivity contribution is -0.115. The number of hydrogen-bond acceptors (Lipinski definition) is 5. The van der Waals surface area contributed by atoms with Crippen LogP contribution in [0.5, 0.6) is 0 Å². The summed E-state index contributed by atoms with van der Waals surface area (Å²) in [4.78, 5) is 12.7. The number of carbonyl (C=O) groups excluding carboxylic acids is 1. The molecule has 5 nitrogen and oxygen atoms in total. The Balaban J connectivity index is 1.66. The first-order valence-electron chi connectivity index (χ1n) is 10.2. The lowest BCUT2D eigenvalue weighted by atomic mass is 9.87.